The van der Waals surface area contributed by atoms with Crippen molar-refractivity contribution in [1.29, 1.82) is 0 Å². The summed E-state index contributed by atoms with van der Waals surface area (Å²) in [5.74, 6) is 1.07. The molecule has 0 radical (unpaired) electrons. The molecule has 0 spiro atoms. The first-order chi connectivity index (χ1) is 14.5. The van der Waals surface area contributed by atoms with Crippen molar-refractivity contribution in [2.24, 2.45) is 0 Å². The van der Waals surface area contributed by atoms with Gasteiger partial charge in [0.1, 0.15) is 10.6 Å². The maximum atomic E-state index is 12.8. The van der Waals surface area contributed by atoms with Gasteiger partial charge >= 0.3 is 0 Å². The molecule has 0 atom stereocenters. The number of non-ortho nitro benzene ring substituents is 1. The number of fused-ring (bicyclic) bond motifs is 3. The first-order valence-corrected chi connectivity index (χ1v) is 10.8. The highest BCUT2D eigenvalue weighted by atomic mass is 35.5. The van der Waals surface area contributed by atoms with Gasteiger partial charge in [0, 0.05) is 22.6 Å². The Hall–Kier alpha value is -2.97. The average molecular weight is 442 g/mol. The Bertz CT molecular complexity index is 1350. The Labute approximate surface area is 179 Å². The van der Waals surface area contributed by atoms with Crippen LogP contribution in [-0.2, 0) is 12.8 Å². The standard InChI is InChI=1S/C21H16ClN3O4S/c22-14-7-6-11(25(27)28)10-13(14)15-8-9-16(29-15)19-23-20(26)18-12-4-2-1-3-5-17(12)30-21(18)24-19/h6-10H,1-5H2,(H,23,24,26). The highest BCUT2D eigenvalue weighted by molar-refractivity contribution is 7.18. The van der Waals surface area contributed by atoms with E-state index < -0.39 is 4.92 Å². The van der Waals surface area contributed by atoms with Crippen molar-refractivity contribution in [2.45, 2.75) is 32.1 Å². The maximum absolute atomic E-state index is 12.8. The van der Waals surface area contributed by atoms with Gasteiger partial charge in [0.25, 0.3) is 11.2 Å². The molecule has 5 rings (SSSR count). The molecule has 1 N–H and O–H groups in total. The van der Waals surface area contributed by atoms with Gasteiger partial charge in [-0.2, -0.15) is 0 Å². The van der Waals surface area contributed by atoms with Crippen molar-refractivity contribution in [2.75, 3.05) is 0 Å². The molecular weight excluding hydrogens is 426 g/mol. The van der Waals surface area contributed by atoms with Gasteiger partial charge in [0.2, 0.25) is 0 Å². The average Bonchev–Trinajstić information content (AvgIpc) is 3.27. The van der Waals surface area contributed by atoms with Gasteiger partial charge in [-0.1, -0.05) is 18.0 Å². The van der Waals surface area contributed by atoms with E-state index in [0.717, 1.165) is 31.2 Å². The number of thiophene rings is 1. The summed E-state index contributed by atoms with van der Waals surface area (Å²) >= 11 is 7.79. The van der Waals surface area contributed by atoms with Crippen molar-refractivity contribution < 1.29 is 9.34 Å². The van der Waals surface area contributed by atoms with Gasteiger partial charge in [0.05, 0.1) is 15.3 Å². The Morgan fingerprint density at radius 2 is 1.93 bits per heavy atom. The second-order valence-corrected chi connectivity index (χ2v) is 8.74. The van der Waals surface area contributed by atoms with Crippen molar-refractivity contribution in [1.82, 2.24) is 9.97 Å². The fraction of sp³-hybridized carbons (Fsp3) is 0.238. The van der Waals surface area contributed by atoms with E-state index in [1.165, 1.54) is 29.5 Å². The molecule has 0 saturated carbocycles. The largest absolute Gasteiger partial charge is 0.453 e. The normalized spacial score (nSPS) is 13.9. The summed E-state index contributed by atoms with van der Waals surface area (Å²) in [6.45, 7) is 0. The Kier molecular flexibility index (Phi) is 4.67. The number of nitro groups is 1. The van der Waals surface area contributed by atoms with Crippen LogP contribution in [0.15, 0.2) is 39.5 Å². The number of hydrogen-bond donors (Lipinski definition) is 1. The van der Waals surface area contributed by atoms with Gasteiger partial charge < -0.3 is 9.40 Å². The molecule has 0 amide bonds. The first kappa shape index (κ1) is 19.0. The van der Waals surface area contributed by atoms with Gasteiger partial charge in [0.15, 0.2) is 11.6 Å². The summed E-state index contributed by atoms with van der Waals surface area (Å²) in [6, 6.07) is 7.49. The minimum absolute atomic E-state index is 0.0830. The fourth-order valence-electron chi connectivity index (χ4n) is 3.88. The minimum Gasteiger partial charge on any atom is -0.453 e. The number of nitrogens with one attached hydrogen (secondary N) is 1. The van der Waals surface area contributed by atoms with Gasteiger partial charge in [-0.15, -0.1) is 11.3 Å². The minimum atomic E-state index is -0.489. The lowest BCUT2D eigenvalue weighted by atomic mass is 10.1. The van der Waals surface area contributed by atoms with Crippen molar-refractivity contribution >= 4 is 38.8 Å². The van der Waals surface area contributed by atoms with E-state index >= 15 is 0 Å². The number of H-pyrrole nitrogens is 1. The lowest BCUT2D eigenvalue weighted by Crippen LogP contribution is -2.09. The summed E-state index contributed by atoms with van der Waals surface area (Å²) < 4.78 is 5.86. The van der Waals surface area contributed by atoms with Gasteiger partial charge in [-0.3, -0.25) is 14.9 Å². The number of furan rings is 1. The third kappa shape index (κ3) is 3.22. The van der Waals surface area contributed by atoms with Gasteiger partial charge in [-0.25, -0.2) is 4.98 Å². The maximum Gasteiger partial charge on any atom is 0.270 e. The quantitative estimate of drug-likeness (QED) is 0.248. The molecule has 1 aromatic carbocycles. The summed E-state index contributed by atoms with van der Waals surface area (Å²) in [5.41, 5.74) is 1.29. The molecule has 30 heavy (non-hydrogen) atoms. The number of nitro benzene ring substituents is 1. The highest BCUT2D eigenvalue weighted by Crippen LogP contribution is 2.36. The summed E-state index contributed by atoms with van der Waals surface area (Å²) in [5, 5.41) is 12.1. The molecule has 3 heterocycles. The molecule has 1 aliphatic rings. The van der Waals surface area contributed by atoms with Crippen LogP contribution in [-0.4, -0.2) is 14.9 Å². The van der Waals surface area contributed by atoms with Crippen LogP contribution in [0, 0.1) is 10.1 Å². The van der Waals surface area contributed by atoms with Crippen LogP contribution in [0.1, 0.15) is 29.7 Å². The van der Waals surface area contributed by atoms with Crippen LogP contribution in [0.4, 0.5) is 5.69 Å². The molecule has 3 aromatic heterocycles. The highest BCUT2D eigenvalue weighted by Gasteiger charge is 2.21. The monoisotopic (exact) mass is 441 g/mol. The van der Waals surface area contributed by atoms with Crippen LogP contribution in [0.5, 0.6) is 0 Å². The topological polar surface area (TPSA) is 102 Å². The van der Waals surface area contributed by atoms with Crippen molar-refractivity contribution in [3.8, 4) is 22.9 Å². The molecule has 152 valence electrons. The zero-order valence-electron chi connectivity index (χ0n) is 15.7. The van der Waals surface area contributed by atoms with E-state index in [2.05, 4.69) is 9.97 Å². The Morgan fingerprint density at radius 1 is 1.13 bits per heavy atom. The first-order valence-electron chi connectivity index (χ1n) is 9.60. The molecule has 9 heteroatoms. The predicted octanol–water partition coefficient (Wildman–Crippen LogP) is 5.74. The Morgan fingerprint density at radius 3 is 2.77 bits per heavy atom. The van der Waals surface area contributed by atoms with E-state index in [9.17, 15) is 14.9 Å². The number of aromatic amines is 1. The van der Waals surface area contributed by atoms with E-state index in [1.54, 1.807) is 23.5 Å². The molecule has 0 bridgehead atoms. The van der Waals surface area contributed by atoms with Crippen LogP contribution < -0.4 is 5.56 Å². The molecule has 0 saturated heterocycles. The van der Waals surface area contributed by atoms with E-state index in [0.29, 0.717) is 38.1 Å². The van der Waals surface area contributed by atoms with Crippen molar-refractivity contribution in [3.63, 3.8) is 0 Å². The number of hydrogen-bond acceptors (Lipinski definition) is 6. The summed E-state index contributed by atoms with van der Waals surface area (Å²) in [6.07, 6.45) is 5.31. The zero-order chi connectivity index (χ0) is 20.8. The number of halogens is 1. The molecule has 4 aromatic rings. The number of rotatable bonds is 3. The van der Waals surface area contributed by atoms with E-state index in [1.807, 2.05) is 0 Å². The van der Waals surface area contributed by atoms with Crippen LogP contribution in [0.25, 0.3) is 33.1 Å². The Balaban J connectivity index is 1.58. The van der Waals surface area contributed by atoms with Gasteiger partial charge in [-0.05, 0) is 49.4 Å². The SMILES string of the molecule is O=c1[nH]c(-c2ccc(-c3cc([N+](=O)[O-])ccc3Cl)o2)nc2sc3c(c12)CCCCC3. The fourth-order valence-corrected chi connectivity index (χ4v) is 5.36. The summed E-state index contributed by atoms with van der Waals surface area (Å²) in [7, 11) is 0. The lowest BCUT2D eigenvalue weighted by Gasteiger charge is -2.02. The predicted molar refractivity (Wildman–Crippen MR) is 116 cm³/mol. The van der Waals surface area contributed by atoms with Crippen LogP contribution in [0.3, 0.4) is 0 Å². The lowest BCUT2D eigenvalue weighted by molar-refractivity contribution is -0.384. The van der Waals surface area contributed by atoms with E-state index in [4.69, 9.17) is 16.0 Å². The molecule has 0 unspecified atom stereocenters. The number of aromatic nitrogens is 2. The number of nitrogens with zero attached hydrogens (tertiary/aromatic N) is 2. The smallest absolute Gasteiger partial charge is 0.270 e. The molecule has 1 aliphatic carbocycles. The molecule has 0 aliphatic heterocycles. The second-order valence-electron chi connectivity index (χ2n) is 7.24. The third-order valence-corrected chi connectivity index (χ3v) is 6.86. The number of aryl methyl sites for hydroxylation is 2. The second kappa shape index (κ2) is 7.37. The molecule has 7 nitrogen and oxygen atoms in total. The zero-order valence-corrected chi connectivity index (χ0v) is 17.3. The van der Waals surface area contributed by atoms with Crippen LogP contribution in [0.2, 0.25) is 5.02 Å². The molecular formula is C21H16ClN3O4S. The van der Waals surface area contributed by atoms with Crippen molar-refractivity contribution in [3.05, 3.63) is 66.3 Å². The number of benzene rings is 1. The molecule has 0 fully saturated rings. The van der Waals surface area contributed by atoms with E-state index in [-0.39, 0.29) is 11.2 Å². The van der Waals surface area contributed by atoms with Crippen LogP contribution >= 0.6 is 22.9 Å². The summed E-state index contributed by atoms with van der Waals surface area (Å²) in [4.78, 5) is 32.9. The third-order valence-electron chi connectivity index (χ3n) is 5.34.